The van der Waals surface area contributed by atoms with Gasteiger partial charge in [-0.25, -0.2) is 4.79 Å². The van der Waals surface area contributed by atoms with Crippen LogP contribution in [0.2, 0.25) is 0 Å². The number of ether oxygens (including phenoxy) is 1. The fourth-order valence-electron chi connectivity index (χ4n) is 2.89. The van der Waals surface area contributed by atoms with Crippen molar-refractivity contribution in [3.8, 4) is 0 Å². The highest BCUT2D eigenvalue weighted by atomic mass is 79.9. The van der Waals surface area contributed by atoms with Crippen molar-refractivity contribution in [3.05, 3.63) is 70.2 Å². The van der Waals surface area contributed by atoms with E-state index in [0.29, 0.717) is 13.0 Å². The van der Waals surface area contributed by atoms with Crippen LogP contribution in [0, 0.1) is 0 Å². The van der Waals surface area contributed by atoms with Gasteiger partial charge in [0.2, 0.25) is 0 Å². The standard InChI is InChI=1S/C23H31BrN2O3/c1-23(2,3)29-22(28)26-20(15-18-7-5-4-6-8-18)21(27)16-25-14-13-17-9-11-19(24)12-10-17/h4-12,20-21,25,27H,13-16H2,1-3H3,(H,26,28)/t20-,21+/m0/s1. The molecule has 0 saturated carbocycles. The molecule has 1 amide bonds. The molecule has 158 valence electrons. The second-order valence-corrected chi connectivity index (χ2v) is 9.01. The van der Waals surface area contributed by atoms with Gasteiger partial charge in [-0.3, -0.25) is 0 Å². The molecule has 0 bridgehead atoms. The molecule has 2 rings (SSSR count). The second kappa shape index (κ2) is 11.3. The molecule has 2 aromatic rings. The van der Waals surface area contributed by atoms with E-state index in [-0.39, 0.29) is 0 Å². The Morgan fingerprint density at radius 1 is 1.07 bits per heavy atom. The Kier molecular flexibility index (Phi) is 9.14. The van der Waals surface area contributed by atoms with Gasteiger partial charge in [0.15, 0.2) is 0 Å². The topological polar surface area (TPSA) is 70.6 Å². The van der Waals surface area contributed by atoms with Gasteiger partial charge in [0.25, 0.3) is 0 Å². The molecule has 0 aliphatic heterocycles. The van der Waals surface area contributed by atoms with Crippen LogP contribution in [-0.4, -0.2) is 42.0 Å². The van der Waals surface area contributed by atoms with Crippen molar-refractivity contribution in [1.29, 1.82) is 0 Å². The maximum Gasteiger partial charge on any atom is 0.407 e. The Bertz CT molecular complexity index is 745. The number of rotatable bonds is 9. The maximum atomic E-state index is 12.2. The molecule has 29 heavy (non-hydrogen) atoms. The van der Waals surface area contributed by atoms with Crippen LogP contribution in [0.4, 0.5) is 4.79 Å². The average molecular weight is 463 g/mol. The van der Waals surface area contributed by atoms with E-state index < -0.39 is 23.8 Å². The molecule has 0 radical (unpaired) electrons. The first kappa shape index (κ1) is 23.4. The number of amides is 1. The first-order valence-electron chi connectivity index (χ1n) is 9.89. The molecule has 0 aromatic heterocycles. The summed E-state index contributed by atoms with van der Waals surface area (Å²) in [4.78, 5) is 12.2. The fourth-order valence-corrected chi connectivity index (χ4v) is 3.15. The SMILES string of the molecule is CC(C)(C)OC(=O)N[C@@H](Cc1ccccc1)[C@H](O)CNCCc1ccc(Br)cc1. The predicted octanol–water partition coefficient (Wildman–Crippen LogP) is 4.08. The van der Waals surface area contributed by atoms with Crippen LogP contribution in [0.1, 0.15) is 31.9 Å². The third-order valence-corrected chi connectivity index (χ3v) is 4.85. The van der Waals surface area contributed by atoms with Crippen molar-refractivity contribution in [1.82, 2.24) is 10.6 Å². The molecule has 0 spiro atoms. The van der Waals surface area contributed by atoms with Crippen LogP contribution < -0.4 is 10.6 Å². The number of alkyl carbamates (subject to hydrolysis) is 1. The molecule has 2 atom stereocenters. The zero-order valence-corrected chi connectivity index (χ0v) is 18.9. The lowest BCUT2D eigenvalue weighted by molar-refractivity contribution is 0.0423. The van der Waals surface area contributed by atoms with Gasteiger partial charge >= 0.3 is 6.09 Å². The maximum absolute atomic E-state index is 12.2. The largest absolute Gasteiger partial charge is 0.444 e. The van der Waals surface area contributed by atoms with E-state index in [2.05, 4.69) is 38.7 Å². The summed E-state index contributed by atoms with van der Waals surface area (Å²) >= 11 is 3.43. The first-order valence-corrected chi connectivity index (χ1v) is 10.7. The number of hydrogen-bond acceptors (Lipinski definition) is 4. The summed E-state index contributed by atoms with van der Waals surface area (Å²) in [6.07, 6.45) is 0.123. The molecule has 6 heteroatoms. The van der Waals surface area contributed by atoms with Crippen molar-refractivity contribution in [3.63, 3.8) is 0 Å². The summed E-state index contributed by atoms with van der Waals surface area (Å²) in [5.74, 6) is 0. The minimum atomic E-state index is -0.743. The van der Waals surface area contributed by atoms with Crippen LogP contribution >= 0.6 is 15.9 Å². The number of benzene rings is 2. The van der Waals surface area contributed by atoms with E-state index in [4.69, 9.17) is 4.74 Å². The summed E-state index contributed by atoms with van der Waals surface area (Å²) in [6, 6.07) is 17.5. The minimum absolute atomic E-state index is 0.379. The lowest BCUT2D eigenvalue weighted by atomic mass is 10.0. The van der Waals surface area contributed by atoms with Gasteiger partial charge in [0.1, 0.15) is 5.60 Å². The predicted molar refractivity (Wildman–Crippen MR) is 120 cm³/mol. The zero-order valence-electron chi connectivity index (χ0n) is 17.3. The van der Waals surface area contributed by atoms with Crippen LogP contribution in [0.25, 0.3) is 0 Å². The van der Waals surface area contributed by atoms with Crippen molar-refractivity contribution in [2.45, 2.75) is 51.4 Å². The molecule has 0 aliphatic carbocycles. The van der Waals surface area contributed by atoms with Crippen LogP contribution in [0.5, 0.6) is 0 Å². The molecule has 0 unspecified atom stereocenters. The quantitative estimate of drug-likeness (QED) is 0.491. The smallest absolute Gasteiger partial charge is 0.407 e. The Morgan fingerprint density at radius 3 is 2.34 bits per heavy atom. The van der Waals surface area contributed by atoms with E-state index in [0.717, 1.165) is 23.0 Å². The number of halogens is 1. The summed E-state index contributed by atoms with van der Waals surface area (Å²) in [6.45, 7) is 6.57. The zero-order chi connectivity index (χ0) is 21.3. The van der Waals surface area contributed by atoms with Gasteiger partial charge < -0.3 is 20.5 Å². The average Bonchev–Trinajstić information content (AvgIpc) is 2.65. The van der Waals surface area contributed by atoms with E-state index in [1.807, 2.05) is 63.2 Å². The third kappa shape index (κ3) is 9.43. The highest BCUT2D eigenvalue weighted by molar-refractivity contribution is 9.10. The lowest BCUT2D eigenvalue weighted by Crippen LogP contribution is -2.50. The van der Waals surface area contributed by atoms with Crippen LogP contribution in [0.15, 0.2) is 59.1 Å². The minimum Gasteiger partial charge on any atom is -0.444 e. The molecule has 2 aromatic carbocycles. The van der Waals surface area contributed by atoms with Crippen molar-refractivity contribution < 1.29 is 14.6 Å². The number of hydrogen-bond donors (Lipinski definition) is 3. The number of aliphatic hydroxyl groups excluding tert-OH is 1. The number of aliphatic hydroxyl groups is 1. The molecule has 0 heterocycles. The Labute approximate surface area is 182 Å². The highest BCUT2D eigenvalue weighted by Crippen LogP contribution is 2.12. The van der Waals surface area contributed by atoms with Gasteiger partial charge in [0, 0.05) is 11.0 Å². The van der Waals surface area contributed by atoms with Gasteiger partial charge in [-0.15, -0.1) is 0 Å². The highest BCUT2D eigenvalue weighted by Gasteiger charge is 2.24. The van der Waals surface area contributed by atoms with Crippen molar-refractivity contribution in [2.75, 3.05) is 13.1 Å². The summed E-state index contributed by atoms with van der Waals surface area (Å²) < 4.78 is 6.42. The van der Waals surface area contributed by atoms with Gasteiger partial charge in [0.05, 0.1) is 12.1 Å². The lowest BCUT2D eigenvalue weighted by Gasteiger charge is -2.27. The van der Waals surface area contributed by atoms with E-state index >= 15 is 0 Å². The van der Waals surface area contributed by atoms with Crippen molar-refractivity contribution >= 4 is 22.0 Å². The first-order chi connectivity index (χ1) is 13.7. The van der Waals surface area contributed by atoms with E-state index in [1.54, 1.807) is 0 Å². The summed E-state index contributed by atoms with van der Waals surface area (Å²) in [5, 5.41) is 16.8. The third-order valence-electron chi connectivity index (χ3n) is 4.32. The number of carbonyl (C=O) groups excluding carboxylic acids is 1. The molecular formula is C23H31BrN2O3. The monoisotopic (exact) mass is 462 g/mol. The van der Waals surface area contributed by atoms with E-state index in [1.165, 1.54) is 5.56 Å². The van der Waals surface area contributed by atoms with E-state index in [9.17, 15) is 9.90 Å². The van der Waals surface area contributed by atoms with Crippen LogP contribution in [0.3, 0.4) is 0 Å². The van der Waals surface area contributed by atoms with Crippen molar-refractivity contribution in [2.24, 2.45) is 0 Å². The molecule has 0 fully saturated rings. The number of carbonyl (C=O) groups is 1. The molecular weight excluding hydrogens is 432 g/mol. The molecule has 3 N–H and O–H groups in total. The Balaban J connectivity index is 1.89. The molecule has 0 aliphatic rings. The van der Waals surface area contributed by atoms with Gasteiger partial charge in [-0.05, 0) is 63.4 Å². The molecule has 5 nitrogen and oxygen atoms in total. The normalized spacial score (nSPS) is 13.6. The van der Waals surface area contributed by atoms with Gasteiger partial charge in [-0.1, -0.05) is 58.4 Å². The fraction of sp³-hybridized carbons (Fsp3) is 0.435. The number of nitrogens with one attached hydrogen (secondary N) is 2. The summed E-state index contributed by atoms with van der Waals surface area (Å²) in [7, 11) is 0. The molecule has 0 saturated heterocycles. The summed E-state index contributed by atoms with van der Waals surface area (Å²) in [5.41, 5.74) is 1.68. The Morgan fingerprint density at radius 2 is 1.72 bits per heavy atom. The Hall–Kier alpha value is -1.89. The second-order valence-electron chi connectivity index (χ2n) is 8.09. The van der Waals surface area contributed by atoms with Crippen LogP contribution in [-0.2, 0) is 17.6 Å². The van der Waals surface area contributed by atoms with Gasteiger partial charge in [-0.2, -0.15) is 0 Å².